The lowest BCUT2D eigenvalue weighted by molar-refractivity contribution is -0.140. The molecule has 4 aliphatic heterocycles. The number of nitrogens with one attached hydrogen (secondary N) is 2. The molecule has 364 valence electrons. The van der Waals surface area contributed by atoms with Gasteiger partial charge in [-0.2, -0.15) is 0 Å². The zero-order valence-corrected chi connectivity index (χ0v) is 40.6. The number of anilines is 2. The number of ether oxygens (including phenoxy) is 1. The van der Waals surface area contributed by atoms with E-state index in [4.69, 9.17) is 4.74 Å². The van der Waals surface area contributed by atoms with E-state index in [-0.39, 0.29) is 112 Å². The summed E-state index contributed by atoms with van der Waals surface area (Å²) in [5.74, 6) is 11.1. The van der Waals surface area contributed by atoms with Gasteiger partial charge in [-0.25, -0.2) is 0 Å². The van der Waals surface area contributed by atoms with Gasteiger partial charge >= 0.3 is 0 Å². The molecule has 0 spiro atoms. The molecule has 17 heteroatoms. The predicted octanol–water partition coefficient (Wildman–Crippen LogP) is 4.41. The van der Waals surface area contributed by atoms with Crippen LogP contribution in [0.3, 0.4) is 0 Å². The molecular weight excluding hydrogens is 941 g/mol. The quantitative estimate of drug-likeness (QED) is 0.0728. The molecular formula is C54H52N6O9S2. The summed E-state index contributed by atoms with van der Waals surface area (Å²) in [6.45, 7) is 1.34. The van der Waals surface area contributed by atoms with Crippen LogP contribution in [0.2, 0.25) is 0 Å². The van der Waals surface area contributed by atoms with Crippen molar-refractivity contribution < 1.29 is 43.1 Å². The van der Waals surface area contributed by atoms with E-state index in [0.29, 0.717) is 49.2 Å². The fourth-order valence-corrected chi connectivity index (χ4v) is 10.6. The van der Waals surface area contributed by atoms with Crippen LogP contribution in [0.5, 0.6) is 0 Å². The van der Waals surface area contributed by atoms with E-state index in [1.807, 2.05) is 97.1 Å². The molecule has 0 aliphatic carbocycles. The summed E-state index contributed by atoms with van der Waals surface area (Å²) in [7, 11) is 0. The Hall–Kier alpha value is -7.18. The van der Waals surface area contributed by atoms with Gasteiger partial charge in [0.25, 0.3) is 0 Å². The second kappa shape index (κ2) is 24.1. The van der Waals surface area contributed by atoms with Gasteiger partial charge in [-0.05, 0) is 47.5 Å². The average Bonchev–Trinajstić information content (AvgIpc) is 3.79. The summed E-state index contributed by atoms with van der Waals surface area (Å²) in [5.41, 5.74) is 6.43. The normalized spacial score (nSPS) is 16.7. The van der Waals surface area contributed by atoms with E-state index < -0.39 is 10.5 Å². The molecule has 2 fully saturated rings. The maximum atomic E-state index is 13.5. The molecule has 8 amide bonds. The molecule has 2 saturated heterocycles. The number of thioether (sulfide) groups is 2. The third kappa shape index (κ3) is 12.8. The molecule has 0 saturated carbocycles. The number of carbonyl (C=O) groups excluding carboxylic acids is 8. The van der Waals surface area contributed by atoms with Crippen molar-refractivity contribution in [2.45, 2.75) is 62.1 Å². The summed E-state index contributed by atoms with van der Waals surface area (Å²) < 4.78 is 5.73. The number of carbonyl (C=O) groups is 8. The van der Waals surface area contributed by atoms with Gasteiger partial charge < -0.3 is 25.2 Å². The lowest BCUT2D eigenvalue weighted by atomic mass is 10.0. The summed E-state index contributed by atoms with van der Waals surface area (Å²) in [5, 5.41) is 4.33. The van der Waals surface area contributed by atoms with Crippen molar-refractivity contribution in [1.29, 1.82) is 0 Å². The van der Waals surface area contributed by atoms with E-state index in [0.717, 1.165) is 43.2 Å². The molecule has 2 atom stereocenters. The maximum Gasteiger partial charge on any atom is 0.242 e. The number of hydrogen-bond donors (Lipinski definition) is 2. The largest absolute Gasteiger partial charge is 0.380 e. The van der Waals surface area contributed by atoms with Crippen molar-refractivity contribution in [1.82, 2.24) is 20.4 Å². The van der Waals surface area contributed by atoms with Crippen LogP contribution in [-0.2, 0) is 56.2 Å². The van der Waals surface area contributed by atoms with Crippen LogP contribution in [0.1, 0.15) is 71.9 Å². The summed E-state index contributed by atoms with van der Waals surface area (Å²) in [6, 6.07) is 30.3. The molecule has 0 radical (unpaired) electrons. The fraction of sp³-hybridized carbons (Fsp3) is 0.333. The highest BCUT2D eigenvalue weighted by Gasteiger charge is 2.40. The fourth-order valence-electron chi connectivity index (χ4n) is 8.54. The number of rotatable bonds is 20. The van der Waals surface area contributed by atoms with Crippen molar-refractivity contribution in [2.24, 2.45) is 0 Å². The van der Waals surface area contributed by atoms with Crippen molar-refractivity contribution >= 4 is 82.2 Å². The van der Waals surface area contributed by atoms with Crippen LogP contribution in [0, 0.1) is 23.7 Å². The molecule has 8 rings (SSSR count). The molecule has 2 N–H and O–H groups in total. The van der Waals surface area contributed by atoms with Gasteiger partial charge in [-0.15, -0.1) is 23.5 Å². The molecule has 15 nitrogen and oxygen atoms in total. The van der Waals surface area contributed by atoms with Crippen LogP contribution in [0.4, 0.5) is 11.4 Å². The standard InChI is InChI=1S/C54H52N6O9S2/c61-47(55-25-21-49(63)59-35-41-13-3-1-9-37(41)17-19-39-11-5-7-15-43(39)59)23-27-57-51(65)33-45(53(57)67)70-31-29-69-30-32-71-46-34-52(66)58(54(46)68)28-24-48(62)56-26-22-50(64)60-36-42-14-4-2-10-38(42)18-20-40-12-6-8-16-44(40)60/h1-16,45-46H,21-36H2,(H,55,61)(H,56,62). The lowest BCUT2D eigenvalue weighted by Gasteiger charge is -2.26. The molecule has 0 bridgehead atoms. The minimum absolute atomic E-state index is 0.0241. The van der Waals surface area contributed by atoms with Crippen LogP contribution >= 0.6 is 23.5 Å². The zero-order chi connectivity index (χ0) is 49.7. The first-order valence-corrected chi connectivity index (χ1v) is 25.6. The monoisotopic (exact) mass is 992 g/mol. The van der Waals surface area contributed by atoms with Gasteiger partial charge in [-0.3, -0.25) is 48.2 Å². The summed E-state index contributed by atoms with van der Waals surface area (Å²) in [6.07, 6.45) is -0.0328. The number of hydrogen-bond acceptors (Lipinski definition) is 11. The van der Waals surface area contributed by atoms with E-state index in [9.17, 15) is 38.4 Å². The number of benzene rings is 4. The molecule has 4 aromatic carbocycles. The first-order chi connectivity index (χ1) is 34.5. The zero-order valence-electron chi connectivity index (χ0n) is 39.0. The van der Waals surface area contributed by atoms with Crippen molar-refractivity contribution in [3.63, 3.8) is 0 Å². The molecule has 4 aromatic rings. The summed E-state index contributed by atoms with van der Waals surface area (Å²) in [4.78, 5) is 110. The van der Waals surface area contributed by atoms with E-state index in [2.05, 4.69) is 34.3 Å². The molecule has 2 unspecified atom stereocenters. The van der Waals surface area contributed by atoms with Crippen LogP contribution in [0.25, 0.3) is 0 Å². The molecule has 0 aromatic heterocycles. The summed E-state index contributed by atoms with van der Waals surface area (Å²) >= 11 is 2.61. The highest BCUT2D eigenvalue weighted by Crippen LogP contribution is 2.29. The number of para-hydroxylation sites is 2. The van der Waals surface area contributed by atoms with Crippen molar-refractivity contribution in [2.75, 3.05) is 60.7 Å². The third-order valence-electron chi connectivity index (χ3n) is 12.3. The Bertz CT molecular complexity index is 2680. The number of amides is 8. The molecule has 4 heterocycles. The first-order valence-electron chi connectivity index (χ1n) is 23.6. The van der Waals surface area contributed by atoms with Crippen molar-refractivity contribution in [3.8, 4) is 23.7 Å². The SMILES string of the molecule is O=C(CCN1C(=O)CC(SCCOCCSC2CC(=O)N(CCC(=O)NCCC(=O)N3Cc4ccccc4C#Cc4ccccc43)C2=O)C1=O)NCCC(=O)N1Cc2ccccc2C#Cc2ccccc21. The Kier molecular flexibility index (Phi) is 17.0. The average molecular weight is 993 g/mol. The van der Waals surface area contributed by atoms with Gasteiger partial charge in [-0.1, -0.05) is 84.3 Å². The second-order valence-corrected chi connectivity index (χ2v) is 19.6. The Balaban J connectivity index is 0.674. The predicted molar refractivity (Wildman–Crippen MR) is 271 cm³/mol. The number of likely N-dealkylation sites (tertiary alicyclic amines) is 2. The molecule has 4 aliphatic rings. The van der Waals surface area contributed by atoms with Gasteiger partial charge in [0.05, 0.1) is 48.2 Å². The van der Waals surface area contributed by atoms with E-state index >= 15 is 0 Å². The van der Waals surface area contributed by atoms with Gasteiger partial charge in [0.2, 0.25) is 47.3 Å². The minimum atomic E-state index is -0.587. The van der Waals surface area contributed by atoms with Crippen LogP contribution in [-0.4, -0.2) is 118 Å². The number of fused-ring (bicyclic) bond motifs is 4. The first kappa shape index (κ1) is 50.2. The van der Waals surface area contributed by atoms with Crippen LogP contribution < -0.4 is 20.4 Å². The smallest absolute Gasteiger partial charge is 0.242 e. The Morgan fingerprint density at radius 3 is 1.34 bits per heavy atom. The topological polar surface area (TPSA) is 183 Å². The van der Waals surface area contributed by atoms with E-state index in [1.54, 1.807) is 9.80 Å². The van der Waals surface area contributed by atoms with E-state index in [1.165, 1.54) is 23.5 Å². The van der Waals surface area contributed by atoms with Crippen LogP contribution in [0.15, 0.2) is 97.1 Å². The third-order valence-corrected chi connectivity index (χ3v) is 14.6. The van der Waals surface area contributed by atoms with Gasteiger partial charge in [0.1, 0.15) is 0 Å². The van der Waals surface area contributed by atoms with Gasteiger partial charge in [0, 0.05) is 98.5 Å². The minimum Gasteiger partial charge on any atom is -0.380 e. The number of imide groups is 2. The highest BCUT2D eigenvalue weighted by atomic mass is 32.2. The number of nitrogens with zero attached hydrogens (tertiary/aromatic N) is 4. The van der Waals surface area contributed by atoms with Crippen molar-refractivity contribution in [3.05, 3.63) is 130 Å². The Morgan fingerprint density at radius 1 is 0.521 bits per heavy atom. The Morgan fingerprint density at radius 2 is 0.901 bits per heavy atom. The Labute approximate surface area is 420 Å². The lowest BCUT2D eigenvalue weighted by Crippen LogP contribution is -2.37. The second-order valence-electron chi connectivity index (χ2n) is 17.0. The highest BCUT2D eigenvalue weighted by molar-refractivity contribution is 8.00. The van der Waals surface area contributed by atoms with Gasteiger partial charge in [0.15, 0.2) is 0 Å². The molecule has 71 heavy (non-hydrogen) atoms. The maximum absolute atomic E-state index is 13.5.